The summed E-state index contributed by atoms with van der Waals surface area (Å²) in [4.78, 5) is 20.8. The summed E-state index contributed by atoms with van der Waals surface area (Å²) < 4.78 is 39.3. The molecule has 4 atom stereocenters. The number of fused-ring (bicyclic) bond motifs is 2. The summed E-state index contributed by atoms with van der Waals surface area (Å²) in [6, 6.07) is 13.7. The Morgan fingerprint density at radius 3 is 2.76 bits per heavy atom. The molecular formula is C29H31ClN5O6P. The number of terminal acetylenes is 1. The maximum absolute atomic E-state index is 14.2. The minimum Gasteiger partial charge on any atom is -0.462 e. The van der Waals surface area contributed by atoms with Gasteiger partial charge in [-0.1, -0.05) is 36.3 Å². The molecule has 42 heavy (non-hydrogen) atoms. The fraction of sp³-hybridized carbons (Fsp3) is 0.345. The van der Waals surface area contributed by atoms with E-state index in [0.717, 1.165) is 10.8 Å². The molecule has 1 aliphatic heterocycles. The van der Waals surface area contributed by atoms with E-state index >= 15 is 0 Å². The van der Waals surface area contributed by atoms with Crippen LogP contribution in [-0.2, 0) is 23.4 Å². The zero-order valence-corrected chi connectivity index (χ0v) is 25.0. The van der Waals surface area contributed by atoms with Gasteiger partial charge in [0.15, 0.2) is 5.60 Å². The van der Waals surface area contributed by atoms with Crippen molar-refractivity contribution in [3.05, 3.63) is 60.0 Å². The summed E-state index contributed by atoms with van der Waals surface area (Å²) in [5, 5.41) is 5.18. The number of carbonyl (C=O) groups is 1. The smallest absolute Gasteiger partial charge is 0.459 e. The van der Waals surface area contributed by atoms with Crippen LogP contribution in [0.25, 0.3) is 21.8 Å². The lowest BCUT2D eigenvalue weighted by Gasteiger charge is -2.28. The third-order valence-electron chi connectivity index (χ3n) is 6.78. The van der Waals surface area contributed by atoms with Crippen LogP contribution in [0.1, 0.15) is 39.8 Å². The van der Waals surface area contributed by atoms with Crippen LogP contribution < -0.4 is 15.3 Å². The summed E-state index contributed by atoms with van der Waals surface area (Å²) in [6.07, 6.45) is 7.69. The predicted molar refractivity (Wildman–Crippen MR) is 160 cm³/mol. The number of hydrogen-bond acceptors (Lipinski definition) is 9. The number of hydrogen-bond donors (Lipinski definition) is 2. The summed E-state index contributed by atoms with van der Waals surface area (Å²) in [6.45, 7) is 4.67. The van der Waals surface area contributed by atoms with Crippen LogP contribution >= 0.6 is 19.3 Å². The fourth-order valence-electron chi connectivity index (χ4n) is 4.71. The van der Waals surface area contributed by atoms with Gasteiger partial charge in [0.05, 0.1) is 18.1 Å². The van der Waals surface area contributed by atoms with Gasteiger partial charge in [-0.15, -0.1) is 6.42 Å². The number of nitrogens with two attached hydrogens (primary N) is 1. The van der Waals surface area contributed by atoms with Gasteiger partial charge in [-0.25, -0.2) is 9.55 Å². The lowest BCUT2D eigenvalue weighted by atomic mass is 10.0. The average molecular weight is 612 g/mol. The van der Waals surface area contributed by atoms with Crippen LogP contribution in [0.2, 0.25) is 5.28 Å². The number of anilines is 1. The van der Waals surface area contributed by atoms with E-state index in [4.69, 9.17) is 42.3 Å². The van der Waals surface area contributed by atoms with Crippen molar-refractivity contribution in [1.82, 2.24) is 19.6 Å². The molecule has 1 saturated heterocycles. The van der Waals surface area contributed by atoms with Crippen LogP contribution in [0.4, 0.5) is 5.82 Å². The second-order valence-corrected chi connectivity index (χ2v) is 12.3. The van der Waals surface area contributed by atoms with E-state index < -0.39 is 31.6 Å². The quantitative estimate of drug-likeness (QED) is 0.100. The lowest BCUT2D eigenvalue weighted by molar-refractivity contribution is -0.149. The Morgan fingerprint density at radius 2 is 2.02 bits per heavy atom. The van der Waals surface area contributed by atoms with E-state index in [2.05, 4.69) is 21.0 Å². The highest BCUT2D eigenvalue weighted by Gasteiger charge is 2.44. The molecule has 2 aromatic carbocycles. The molecule has 11 nitrogen and oxygen atoms in total. The van der Waals surface area contributed by atoms with Gasteiger partial charge in [-0.2, -0.15) is 10.1 Å². The van der Waals surface area contributed by atoms with Crippen LogP contribution in [-0.4, -0.2) is 44.9 Å². The minimum absolute atomic E-state index is 0.00691. The molecule has 0 bridgehead atoms. The molecule has 4 aromatic rings. The first-order valence-corrected chi connectivity index (χ1v) is 15.3. The number of carbonyl (C=O) groups excluding carboxylic acids is 1. The molecule has 0 aliphatic carbocycles. The van der Waals surface area contributed by atoms with Crippen LogP contribution in [0.3, 0.4) is 0 Å². The van der Waals surface area contributed by atoms with Crippen molar-refractivity contribution in [3.8, 4) is 18.1 Å². The van der Waals surface area contributed by atoms with Gasteiger partial charge in [-0.05, 0) is 74.2 Å². The first-order chi connectivity index (χ1) is 20.0. The normalized spacial score (nSPS) is 20.8. The van der Waals surface area contributed by atoms with E-state index in [-0.39, 0.29) is 29.6 Å². The van der Waals surface area contributed by atoms with Crippen molar-refractivity contribution in [3.63, 3.8) is 0 Å². The van der Waals surface area contributed by atoms with Gasteiger partial charge in [0.2, 0.25) is 5.28 Å². The second-order valence-electron chi connectivity index (χ2n) is 10.3. The number of nitrogens with zero attached hydrogens (tertiary/aromatic N) is 3. The zero-order valence-electron chi connectivity index (χ0n) is 23.3. The third kappa shape index (κ3) is 6.38. The number of ether oxygens (including phenoxy) is 2. The molecule has 0 spiro atoms. The monoisotopic (exact) mass is 611 g/mol. The Balaban J connectivity index is 1.37. The SMILES string of the molecule is C#C[C@@]1(COP(=O)(N[C@@H](C)C(=O)OC(C)C)Oc2ccc3ccccc3c2)CC[C@H](n2ccc3c(N)nc(Cl)nc32)O1. The fourth-order valence-corrected chi connectivity index (χ4v) is 6.41. The topological polar surface area (TPSA) is 140 Å². The van der Waals surface area contributed by atoms with E-state index in [1.54, 1.807) is 42.8 Å². The molecule has 1 unspecified atom stereocenters. The molecule has 0 saturated carbocycles. The third-order valence-corrected chi connectivity index (χ3v) is 8.57. The Morgan fingerprint density at radius 1 is 1.26 bits per heavy atom. The standard InChI is InChI=1S/C29H31ClN5O6P/c1-5-29(14-12-24(40-29)35-15-13-23-25(31)32-28(30)33-26(23)35)17-38-42(37,34-19(4)27(36)39-18(2)3)41-22-11-10-20-8-6-7-9-21(20)16-22/h1,6-11,13,15-16,18-19,24H,12,14,17H2,2-4H3,(H,34,37)(H2,31,32,33)/t19-,24+,29-,42?/m0/s1. The maximum Gasteiger partial charge on any atom is 0.459 e. The van der Waals surface area contributed by atoms with Crippen LogP contribution in [0, 0.1) is 12.3 Å². The summed E-state index contributed by atoms with van der Waals surface area (Å²) >= 11 is 6.04. The Labute approximate surface area is 248 Å². The highest BCUT2D eigenvalue weighted by atomic mass is 35.5. The molecule has 5 rings (SSSR count). The van der Waals surface area contributed by atoms with Crippen molar-refractivity contribution in [2.24, 2.45) is 0 Å². The lowest BCUT2D eigenvalue weighted by Crippen LogP contribution is -2.38. The molecule has 3 N–H and O–H groups in total. The molecular weight excluding hydrogens is 581 g/mol. The average Bonchev–Trinajstić information content (AvgIpc) is 3.56. The van der Waals surface area contributed by atoms with Gasteiger partial charge < -0.3 is 24.3 Å². The first kappa shape index (κ1) is 29.8. The Hall–Kier alpha value is -3.65. The molecule has 13 heteroatoms. The summed E-state index contributed by atoms with van der Waals surface area (Å²) in [5.41, 5.74) is 5.24. The number of rotatable bonds is 10. The molecule has 1 aliphatic rings. The number of esters is 1. The maximum atomic E-state index is 14.2. The molecule has 3 heterocycles. The second kappa shape index (κ2) is 11.9. The van der Waals surface area contributed by atoms with E-state index in [1.165, 1.54) is 6.92 Å². The molecule has 1 fully saturated rings. The van der Waals surface area contributed by atoms with Crippen molar-refractivity contribution < 1.29 is 27.9 Å². The number of nitrogens with one attached hydrogen (secondary N) is 1. The van der Waals surface area contributed by atoms with Crippen molar-refractivity contribution in [1.29, 1.82) is 0 Å². The predicted octanol–water partition coefficient (Wildman–Crippen LogP) is 5.63. The van der Waals surface area contributed by atoms with Crippen molar-refractivity contribution >= 4 is 52.9 Å². The number of benzene rings is 2. The van der Waals surface area contributed by atoms with Gasteiger partial charge in [0.1, 0.15) is 29.5 Å². The molecule has 220 valence electrons. The van der Waals surface area contributed by atoms with Crippen LogP contribution in [0.15, 0.2) is 54.7 Å². The molecule has 0 radical (unpaired) electrons. The van der Waals surface area contributed by atoms with E-state index in [1.807, 2.05) is 30.3 Å². The van der Waals surface area contributed by atoms with E-state index in [0.29, 0.717) is 23.9 Å². The minimum atomic E-state index is -4.20. The first-order valence-electron chi connectivity index (χ1n) is 13.4. The van der Waals surface area contributed by atoms with Crippen LogP contribution in [0.5, 0.6) is 5.75 Å². The van der Waals surface area contributed by atoms with Gasteiger partial charge in [0.25, 0.3) is 0 Å². The van der Waals surface area contributed by atoms with Gasteiger partial charge in [-0.3, -0.25) is 9.32 Å². The number of halogens is 1. The van der Waals surface area contributed by atoms with Crippen molar-refractivity contribution in [2.45, 2.75) is 57.6 Å². The highest BCUT2D eigenvalue weighted by molar-refractivity contribution is 7.52. The largest absolute Gasteiger partial charge is 0.462 e. The molecule has 2 aromatic heterocycles. The van der Waals surface area contributed by atoms with Gasteiger partial charge >= 0.3 is 13.7 Å². The highest BCUT2D eigenvalue weighted by Crippen LogP contribution is 2.48. The van der Waals surface area contributed by atoms with E-state index in [9.17, 15) is 9.36 Å². The summed E-state index contributed by atoms with van der Waals surface area (Å²) in [7, 11) is -4.20. The summed E-state index contributed by atoms with van der Waals surface area (Å²) in [5.74, 6) is 2.58. The Kier molecular flexibility index (Phi) is 8.46. The molecule has 0 amide bonds. The Bertz CT molecular complexity index is 1720. The number of aromatic nitrogens is 3. The zero-order chi connectivity index (χ0) is 30.1. The van der Waals surface area contributed by atoms with Gasteiger partial charge in [0, 0.05) is 6.20 Å². The number of nitrogen functional groups attached to an aromatic ring is 1. The van der Waals surface area contributed by atoms with Crippen molar-refractivity contribution in [2.75, 3.05) is 12.3 Å².